The number of thiophene rings is 1. The zero-order chi connectivity index (χ0) is 17.9. The number of carbonyl (C=O) groups is 2. The van der Waals surface area contributed by atoms with E-state index in [1.807, 2.05) is 13.8 Å². The molecule has 0 saturated carbocycles. The van der Waals surface area contributed by atoms with Gasteiger partial charge in [0.2, 0.25) is 0 Å². The molecule has 0 radical (unpaired) electrons. The Balaban J connectivity index is 2.43. The molecule has 1 aromatic heterocycles. The Morgan fingerprint density at radius 1 is 1.29 bits per heavy atom. The largest absolute Gasteiger partial charge is 0.462 e. The molecule has 2 rings (SSSR count). The smallest absolute Gasteiger partial charge is 0.341 e. The molecule has 0 aliphatic heterocycles. The zero-order valence-electron chi connectivity index (χ0n) is 13.5. The van der Waals surface area contributed by atoms with Crippen LogP contribution in [0.15, 0.2) is 18.2 Å². The van der Waals surface area contributed by atoms with Crippen molar-refractivity contribution in [2.75, 3.05) is 11.9 Å². The fourth-order valence-corrected chi connectivity index (χ4v) is 3.77. The van der Waals surface area contributed by atoms with Gasteiger partial charge in [0.25, 0.3) is 5.91 Å². The summed E-state index contributed by atoms with van der Waals surface area (Å²) in [5, 5.41) is 2.95. The van der Waals surface area contributed by atoms with Crippen LogP contribution < -0.4 is 5.32 Å². The number of hydrogen-bond acceptors (Lipinski definition) is 4. The second kappa shape index (κ2) is 7.77. The van der Waals surface area contributed by atoms with E-state index in [0.29, 0.717) is 17.0 Å². The SMILES string of the molecule is CCOC(=O)c1c(NC(=O)c2c(F)cccc2Cl)sc(C)c1CC. The summed E-state index contributed by atoms with van der Waals surface area (Å²) >= 11 is 7.17. The monoisotopic (exact) mass is 369 g/mol. The maximum absolute atomic E-state index is 13.9. The Labute approximate surface area is 148 Å². The molecule has 0 atom stereocenters. The summed E-state index contributed by atoms with van der Waals surface area (Å²) in [6, 6.07) is 4.01. The Kier molecular flexibility index (Phi) is 5.96. The van der Waals surface area contributed by atoms with Gasteiger partial charge in [-0.1, -0.05) is 24.6 Å². The van der Waals surface area contributed by atoms with Crippen molar-refractivity contribution in [3.63, 3.8) is 0 Å². The lowest BCUT2D eigenvalue weighted by Gasteiger charge is -2.09. The van der Waals surface area contributed by atoms with Crippen molar-refractivity contribution in [1.82, 2.24) is 0 Å². The number of anilines is 1. The fourth-order valence-electron chi connectivity index (χ4n) is 2.39. The molecular formula is C17H17ClFNO3S. The summed E-state index contributed by atoms with van der Waals surface area (Å²) < 4.78 is 19.0. The molecule has 7 heteroatoms. The molecule has 0 spiro atoms. The Morgan fingerprint density at radius 2 is 2.00 bits per heavy atom. The van der Waals surface area contributed by atoms with E-state index in [1.165, 1.54) is 23.5 Å². The highest BCUT2D eigenvalue weighted by Crippen LogP contribution is 2.35. The third-order valence-electron chi connectivity index (χ3n) is 3.46. The minimum Gasteiger partial charge on any atom is -0.462 e. The summed E-state index contributed by atoms with van der Waals surface area (Å²) in [7, 11) is 0. The number of esters is 1. The molecule has 0 unspecified atom stereocenters. The van der Waals surface area contributed by atoms with Crippen molar-refractivity contribution in [1.29, 1.82) is 0 Å². The molecule has 0 aliphatic rings. The van der Waals surface area contributed by atoms with Crippen molar-refractivity contribution in [2.24, 2.45) is 0 Å². The van der Waals surface area contributed by atoms with Gasteiger partial charge in [-0.3, -0.25) is 4.79 Å². The first-order chi connectivity index (χ1) is 11.4. The van der Waals surface area contributed by atoms with Crippen LogP contribution in [-0.2, 0) is 11.2 Å². The van der Waals surface area contributed by atoms with Crippen molar-refractivity contribution < 1.29 is 18.7 Å². The van der Waals surface area contributed by atoms with Gasteiger partial charge in [-0.2, -0.15) is 0 Å². The number of nitrogens with one attached hydrogen (secondary N) is 1. The van der Waals surface area contributed by atoms with E-state index in [2.05, 4.69) is 5.32 Å². The Hall–Kier alpha value is -1.92. The van der Waals surface area contributed by atoms with Gasteiger partial charge in [-0.25, -0.2) is 9.18 Å². The Bertz CT molecular complexity index is 768. The lowest BCUT2D eigenvalue weighted by molar-refractivity contribution is 0.0527. The summed E-state index contributed by atoms with van der Waals surface area (Å²) in [6.45, 7) is 5.71. The predicted molar refractivity (Wildman–Crippen MR) is 93.8 cm³/mol. The maximum Gasteiger partial charge on any atom is 0.341 e. The number of halogens is 2. The number of hydrogen-bond donors (Lipinski definition) is 1. The second-order valence-electron chi connectivity index (χ2n) is 4.97. The number of aryl methyl sites for hydroxylation is 1. The number of benzene rings is 1. The number of carbonyl (C=O) groups excluding carboxylic acids is 2. The molecule has 1 heterocycles. The average Bonchev–Trinajstić information content (AvgIpc) is 2.82. The van der Waals surface area contributed by atoms with Gasteiger partial charge in [0.05, 0.1) is 22.8 Å². The molecule has 1 N–H and O–H groups in total. The van der Waals surface area contributed by atoms with Crippen molar-refractivity contribution in [3.05, 3.63) is 50.6 Å². The number of rotatable bonds is 5. The van der Waals surface area contributed by atoms with Crippen molar-refractivity contribution in [3.8, 4) is 0 Å². The minimum absolute atomic E-state index is 0.00850. The quantitative estimate of drug-likeness (QED) is 0.767. The van der Waals surface area contributed by atoms with Crippen LogP contribution in [0.3, 0.4) is 0 Å². The van der Waals surface area contributed by atoms with Gasteiger partial charge in [0, 0.05) is 4.88 Å². The first-order valence-electron chi connectivity index (χ1n) is 7.45. The Morgan fingerprint density at radius 3 is 2.58 bits per heavy atom. The van der Waals surface area contributed by atoms with Crippen LogP contribution in [0.2, 0.25) is 5.02 Å². The van der Waals surface area contributed by atoms with E-state index in [9.17, 15) is 14.0 Å². The highest BCUT2D eigenvalue weighted by Gasteiger charge is 2.25. The molecule has 0 bridgehead atoms. The van der Waals surface area contributed by atoms with E-state index in [0.717, 1.165) is 16.5 Å². The zero-order valence-corrected chi connectivity index (χ0v) is 15.1. The van der Waals surface area contributed by atoms with E-state index in [-0.39, 0.29) is 17.2 Å². The normalized spacial score (nSPS) is 10.5. The first kappa shape index (κ1) is 18.4. The maximum atomic E-state index is 13.9. The molecule has 24 heavy (non-hydrogen) atoms. The van der Waals surface area contributed by atoms with Gasteiger partial charge in [0.1, 0.15) is 10.8 Å². The predicted octanol–water partition coefficient (Wildman–Crippen LogP) is 4.84. The lowest BCUT2D eigenvalue weighted by Crippen LogP contribution is -2.17. The summed E-state index contributed by atoms with van der Waals surface area (Å²) in [4.78, 5) is 25.6. The standard InChI is InChI=1S/C17H17ClFNO3S/c1-4-10-9(3)24-16(13(10)17(22)23-5-2)20-15(21)14-11(18)7-6-8-12(14)19/h6-8H,4-5H2,1-3H3,(H,20,21). The van der Waals surface area contributed by atoms with Gasteiger partial charge < -0.3 is 10.1 Å². The van der Waals surface area contributed by atoms with Crippen LogP contribution in [0, 0.1) is 12.7 Å². The highest BCUT2D eigenvalue weighted by molar-refractivity contribution is 7.16. The molecule has 0 fully saturated rings. The molecule has 2 aromatic rings. The van der Waals surface area contributed by atoms with Crippen LogP contribution in [0.25, 0.3) is 0 Å². The van der Waals surface area contributed by atoms with Crippen LogP contribution in [0.1, 0.15) is 45.0 Å². The summed E-state index contributed by atoms with van der Waals surface area (Å²) in [6.07, 6.45) is 0.618. The molecule has 128 valence electrons. The van der Waals surface area contributed by atoms with Crippen LogP contribution in [0.5, 0.6) is 0 Å². The van der Waals surface area contributed by atoms with Crippen molar-refractivity contribution in [2.45, 2.75) is 27.2 Å². The van der Waals surface area contributed by atoms with E-state index in [4.69, 9.17) is 16.3 Å². The van der Waals surface area contributed by atoms with Crippen LogP contribution in [-0.4, -0.2) is 18.5 Å². The summed E-state index contributed by atoms with van der Waals surface area (Å²) in [5.74, 6) is -1.93. The third-order valence-corrected chi connectivity index (χ3v) is 4.84. The van der Waals surface area contributed by atoms with Gasteiger partial charge in [-0.05, 0) is 38.0 Å². The third kappa shape index (κ3) is 3.60. The van der Waals surface area contributed by atoms with Gasteiger partial charge in [0.15, 0.2) is 0 Å². The molecule has 4 nitrogen and oxygen atoms in total. The van der Waals surface area contributed by atoms with Crippen LogP contribution in [0.4, 0.5) is 9.39 Å². The number of ether oxygens (including phenoxy) is 1. The lowest BCUT2D eigenvalue weighted by atomic mass is 10.1. The van der Waals surface area contributed by atoms with Gasteiger partial charge >= 0.3 is 5.97 Å². The summed E-state index contributed by atoms with van der Waals surface area (Å²) in [5.41, 5.74) is 0.883. The average molecular weight is 370 g/mol. The fraction of sp³-hybridized carbons (Fsp3) is 0.294. The number of amides is 1. The van der Waals surface area contributed by atoms with E-state index < -0.39 is 17.7 Å². The van der Waals surface area contributed by atoms with E-state index >= 15 is 0 Å². The van der Waals surface area contributed by atoms with Crippen LogP contribution >= 0.6 is 22.9 Å². The van der Waals surface area contributed by atoms with E-state index in [1.54, 1.807) is 6.92 Å². The topological polar surface area (TPSA) is 55.4 Å². The van der Waals surface area contributed by atoms with Crippen molar-refractivity contribution >= 4 is 39.8 Å². The minimum atomic E-state index is -0.721. The first-order valence-corrected chi connectivity index (χ1v) is 8.64. The highest BCUT2D eigenvalue weighted by atomic mass is 35.5. The van der Waals surface area contributed by atoms with Gasteiger partial charge in [-0.15, -0.1) is 11.3 Å². The second-order valence-corrected chi connectivity index (χ2v) is 6.60. The molecule has 1 aromatic carbocycles. The molecule has 0 aliphatic carbocycles. The molecular weight excluding hydrogens is 353 g/mol. The molecule has 0 saturated heterocycles. The molecule has 1 amide bonds.